The molecule has 31 heavy (non-hydrogen) atoms. The highest BCUT2D eigenvalue weighted by Gasteiger charge is 2.57. The molecule has 0 bridgehead atoms. The molecule has 0 amide bonds. The van der Waals surface area contributed by atoms with E-state index in [0.717, 1.165) is 33.6 Å². The van der Waals surface area contributed by atoms with Gasteiger partial charge in [0.1, 0.15) is 23.7 Å². The summed E-state index contributed by atoms with van der Waals surface area (Å²) in [5.41, 5.74) is 4.10. The van der Waals surface area contributed by atoms with E-state index in [-0.39, 0.29) is 12.1 Å². The minimum absolute atomic E-state index is 0.131. The molecule has 1 saturated carbocycles. The van der Waals surface area contributed by atoms with Gasteiger partial charge in [-0.25, -0.2) is 15.0 Å². The summed E-state index contributed by atoms with van der Waals surface area (Å²) in [6, 6.07) is 5.81. The summed E-state index contributed by atoms with van der Waals surface area (Å²) in [4.78, 5) is 13.2. The second-order valence-electron chi connectivity index (χ2n) is 9.10. The third kappa shape index (κ3) is 2.75. The normalized spacial score (nSPS) is 30.8. The van der Waals surface area contributed by atoms with Gasteiger partial charge < -0.3 is 23.9 Å². The highest BCUT2D eigenvalue weighted by atomic mass is 16.5. The smallest absolute Gasteiger partial charge is 0.143 e. The van der Waals surface area contributed by atoms with Crippen LogP contribution in [0.3, 0.4) is 0 Å². The maximum absolute atomic E-state index is 11.1. The fraction of sp³-hybridized carbons (Fsp3) is 0.435. The summed E-state index contributed by atoms with van der Waals surface area (Å²) in [5.74, 6) is 0. The van der Waals surface area contributed by atoms with E-state index in [4.69, 9.17) is 4.74 Å². The Labute approximate surface area is 179 Å². The molecule has 2 fully saturated rings. The number of hydrogen-bond acceptors (Lipinski definition) is 6. The molecule has 5 atom stereocenters. The SMILES string of the molecule is Cc1cn2ccc(C3CC4(CO3)CC(n3ccc5c(C)ncnc53)C(O)C4O)cc2n1. The van der Waals surface area contributed by atoms with Crippen LogP contribution in [0, 0.1) is 19.3 Å². The number of aliphatic hydroxyl groups is 2. The predicted octanol–water partition coefficient (Wildman–Crippen LogP) is 2.51. The number of ether oxygens (including phenoxy) is 1. The second-order valence-corrected chi connectivity index (χ2v) is 9.10. The summed E-state index contributed by atoms with van der Waals surface area (Å²) in [7, 11) is 0. The van der Waals surface area contributed by atoms with Gasteiger partial charge >= 0.3 is 0 Å². The highest BCUT2D eigenvalue weighted by molar-refractivity contribution is 5.78. The molecule has 5 heterocycles. The Hall–Kier alpha value is -2.81. The number of imidazole rings is 1. The Balaban J connectivity index is 1.31. The van der Waals surface area contributed by atoms with Gasteiger partial charge in [0.15, 0.2) is 0 Å². The van der Waals surface area contributed by atoms with E-state index >= 15 is 0 Å². The van der Waals surface area contributed by atoms with Crippen LogP contribution in [0.5, 0.6) is 0 Å². The summed E-state index contributed by atoms with van der Waals surface area (Å²) >= 11 is 0. The first-order valence-electron chi connectivity index (χ1n) is 10.7. The molecule has 1 saturated heterocycles. The monoisotopic (exact) mass is 419 g/mol. The van der Waals surface area contributed by atoms with Crippen LogP contribution in [0.25, 0.3) is 16.7 Å². The molecule has 0 radical (unpaired) electrons. The Bertz CT molecular complexity index is 1300. The van der Waals surface area contributed by atoms with Crippen LogP contribution in [0.4, 0.5) is 0 Å². The van der Waals surface area contributed by atoms with Gasteiger partial charge in [-0.05, 0) is 50.5 Å². The van der Waals surface area contributed by atoms with Crippen LogP contribution in [0.1, 0.15) is 41.9 Å². The molecule has 4 aromatic rings. The lowest BCUT2D eigenvalue weighted by molar-refractivity contribution is -0.0309. The lowest BCUT2D eigenvalue weighted by Crippen LogP contribution is -2.37. The quantitative estimate of drug-likeness (QED) is 0.518. The summed E-state index contributed by atoms with van der Waals surface area (Å²) < 4.78 is 10.2. The molecular weight excluding hydrogens is 394 g/mol. The zero-order valence-electron chi connectivity index (χ0n) is 17.5. The van der Waals surface area contributed by atoms with Crippen molar-refractivity contribution in [2.45, 2.75) is 51.0 Å². The number of nitrogens with zero attached hydrogens (tertiary/aromatic N) is 5. The molecule has 2 N–H and O–H groups in total. The van der Waals surface area contributed by atoms with Gasteiger partial charge in [0, 0.05) is 29.4 Å². The fourth-order valence-corrected chi connectivity index (χ4v) is 5.50. The van der Waals surface area contributed by atoms with Crippen LogP contribution in [0.2, 0.25) is 0 Å². The predicted molar refractivity (Wildman–Crippen MR) is 114 cm³/mol. The van der Waals surface area contributed by atoms with Crippen molar-refractivity contribution in [1.82, 2.24) is 23.9 Å². The maximum atomic E-state index is 11.1. The minimum atomic E-state index is -0.884. The molecular formula is C23H25N5O3. The Morgan fingerprint density at radius 1 is 1.13 bits per heavy atom. The lowest BCUT2D eigenvalue weighted by Gasteiger charge is -2.26. The van der Waals surface area contributed by atoms with E-state index < -0.39 is 17.6 Å². The van der Waals surface area contributed by atoms with Gasteiger partial charge in [-0.1, -0.05) is 0 Å². The van der Waals surface area contributed by atoms with Crippen molar-refractivity contribution in [2.24, 2.45) is 5.41 Å². The van der Waals surface area contributed by atoms with Crippen molar-refractivity contribution < 1.29 is 14.9 Å². The number of aromatic nitrogens is 5. The average Bonchev–Trinajstić information content (AvgIpc) is 3.50. The molecule has 0 aromatic carbocycles. The molecule has 4 aromatic heterocycles. The standard InChI is InChI=1S/C23H25N5O3/c1-13-10-27-5-3-15(7-19(27)26-13)18-9-23(11-31-18)8-17(20(29)21(23)30)28-6-4-16-14(2)24-12-25-22(16)28/h3-7,10,12,17-18,20-21,29-30H,8-9,11H2,1-2H3. The van der Waals surface area contributed by atoms with Crippen molar-refractivity contribution in [2.75, 3.05) is 6.61 Å². The van der Waals surface area contributed by atoms with Gasteiger partial charge in [-0.2, -0.15) is 0 Å². The first kappa shape index (κ1) is 18.9. The Morgan fingerprint density at radius 2 is 2.00 bits per heavy atom. The summed E-state index contributed by atoms with van der Waals surface area (Å²) in [5, 5.41) is 23.1. The van der Waals surface area contributed by atoms with Crippen molar-refractivity contribution in [3.63, 3.8) is 0 Å². The molecule has 160 valence electrons. The van der Waals surface area contributed by atoms with Crippen LogP contribution in [0.15, 0.2) is 43.1 Å². The topological polar surface area (TPSA) is 97.7 Å². The Kier molecular flexibility index (Phi) is 4.02. The molecule has 6 rings (SSSR count). The van der Waals surface area contributed by atoms with Crippen LogP contribution >= 0.6 is 0 Å². The second kappa shape index (κ2) is 6.59. The number of fused-ring (bicyclic) bond motifs is 2. The summed E-state index contributed by atoms with van der Waals surface area (Å²) in [6.07, 6.45) is 6.88. The molecule has 8 heteroatoms. The van der Waals surface area contributed by atoms with Gasteiger partial charge in [-0.3, -0.25) is 0 Å². The van der Waals surface area contributed by atoms with E-state index in [2.05, 4.69) is 15.0 Å². The third-order valence-corrected chi connectivity index (χ3v) is 7.17. The highest BCUT2D eigenvalue weighted by Crippen LogP contribution is 2.54. The van der Waals surface area contributed by atoms with Crippen molar-refractivity contribution >= 4 is 16.7 Å². The van der Waals surface area contributed by atoms with E-state index in [1.807, 2.05) is 59.6 Å². The Morgan fingerprint density at radius 3 is 2.87 bits per heavy atom. The van der Waals surface area contributed by atoms with Crippen molar-refractivity contribution in [1.29, 1.82) is 0 Å². The van der Waals surface area contributed by atoms with Crippen LogP contribution in [-0.2, 0) is 4.74 Å². The van der Waals surface area contributed by atoms with Crippen molar-refractivity contribution in [3.05, 3.63) is 60.1 Å². The molecule has 1 aliphatic carbocycles. The molecule has 1 spiro atoms. The molecule has 1 aliphatic heterocycles. The van der Waals surface area contributed by atoms with Gasteiger partial charge in [-0.15, -0.1) is 0 Å². The van der Waals surface area contributed by atoms with E-state index in [1.54, 1.807) is 6.33 Å². The molecule has 2 aliphatic rings. The largest absolute Gasteiger partial charge is 0.390 e. The molecule has 8 nitrogen and oxygen atoms in total. The van der Waals surface area contributed by atoms with Gasteiger partial charge in [0.25, 0.3) is 0 Å². The number of aryl methyl sites for hydroxylation is 2. The van der Waals surface area contributed by atoms with Crippen molar-refractivity contribution in [3.8, 4) is 0 Å². The first-order chi connectivity index (χ1) is 14.9. The lowest BCUT2D eigenvalue weighted by atomic mass is 9.80. The number of rotatable bonds is 2. The summed E-state index contributed by atoms with van der Waals surface area (Å²) in [6.45, 7) is 4.34. The zero-order chi connectivity index (χ0) is 21.3. The maximum Gasteiger partial charge on any atom is 0.143 e. The minimum Gasteiger partial charge on any atom is -0.390 e. The van der Waals surface area contributed by atoms with Gasteiger partial charge in [0.05, 0.1) is 36.2 Å². The number of pyridine rings is 1. The molecule has 5 unspecified atom stereocenters. The van der Waals surface area contributed by atoms with E-state index in [0.29, 0.717) is 19.4 Å². The third-order valence-electron chi connectivity index (χ3n) is 7.17. The fourth-order valence-electron chi connectivity index (χ4n) is 5.50. The van der Waals surface area contributed by atoms with Gasteiger partial charge in [0.2, 0.25) is 0 Å². The number of hydrogen-bond donors (Lipinski definition) is 2. The van der Waals surface area contributed by atoms with Crippen LogP contribution < -0.4 is 0 Å². The van der Waals surface area contributed by atoms with E-state index in [1.165, 1.54) is 0 Å². The van der Waals surface area contributed by atoms with Crippen LogP contribution in [-0.4, -0.2) is 52.9 Å². The van der Waals surface area contributed by atoms with E-state index in [9.17, 15) is 10.2 Å². The average molecular weight is 419 g/mol. The number of aliphatic hydroxyl groups excluding tert-OH is 2. The first-order valence-corrected chi connectivity index (χ1v) is 10.7. The zero-order valence-corrected chi connectivity index (χ0v) is 17.5.